The standard InChI is InChI=1S/C15H19ClN4/c1-11(12-5-3-4-6-13(12)16)20(2)15(9-17)14-7-8-18-10-19-14/h3-8,10-11,15H,9,17H2,1-2H3. The van der Waals surface area contributed by atoms with Gasteiger partial charge in [0, 0.05) is 23.8 Å². The lowest BCUT2D eigenvalue weighted by Gasteiger charge is -2.32. The lowest BCUT2D eigenvalue weighted by atomic mass is 10.0. The van der Waals surface area contributed by atoms with Crippen molar-refractivity contribution < 1.29 is 0 Å². The summed E-state index contributed by atoms with van der Waals surface area (Å²) in [7, 11) is 2.04. The van der Waals surface area contributed by atoms with Gasteiger partial charge in [0.25, 0.3) is 0 Å². The molecule has 4 nitrogen and oxygen atoms in total. The summed E-state index contributed by atoms with van der Waals surface area (Å²) in [5.74, 6) is 0. The second-order valence-electron chi connectivity index (χ2n) is 4.75. The van der Waals surface area contributed by atoms with Crippen molar-refractivity contribution in [2.75, 3.05) is 13.6 Å². The molecular weight excluding hydrogens is 272 g/mol. The van der Waals surface area contributed by atoms with Crippen LogP contribution in [0.3, 0.4) is 0 Å². The summed E-state index contributed by atoms with van der Waals surface area (Å²) in [6.45, 7) is 2.60. The van der Waals surface area contributed by atoms with Gasteiger partial charge >= 0.3 is 0 Å². The summed E-state index contributed by atoms with van der Waals surface area (Å²) in [4.78, 5) is 10.4. The highest BCUT2D eigenvalue weighted by Gasteiger charge is 2.23. The molecule has 2 unspecified atom stereocenters. The number of benzene rings is 1. The minimum atomic E-state index is 0.0317. The van der Waals surface area contributed by atoms with E-state index in [-0.39, 0.29) is 12.1 Å². The fraction of sp³-hybridized carbons (Fsp3) is 0.333. The van der Waals surface area contributed by atoms with E-state index in [2.05, 4.69) is 21.8 Å². The first-order chi connectivity index (χ1) is 9.65. The molecule has 0 amide bonds. The molecule has 2 N–H and O–H groups in total. The Bertz CT molecular complexity index is 547. The molecule has 5 heteroatoms. The van der Waals surface area contributed by atoms with Crippen molar-refractivity contribution in [3.05, 3.63) is 59.1 Å². The largest absolute Gasteiger partial charge is 0.329 e. The Morgan fingerprint density at radius 1 is 1.30 bits per heavy atom. The van der Waals surface area contributed by atoms with Crippen LogP contribution in [0, 0.1) is 0 Å². The molecule has 2 aromatic rings. The van der Waals surface area contributed by atoms with Gasteiger partial charge in [0.2, 0.25) is 0 Å². The minimum absolute atomic E-state index is 0.0317. The summed E-state index contributed by atoms with van der Waals surface area (Å²) in [6.07, 6.45) is 3.28. The first-order valence-corrected chi connectivity index (χ1v) is 6.95. The van der Waals surface area contributed by atoms with Crippen LogP contribution in [0.2, 0.25) is 5.02 Å². The molecule has 2 rings (SSSR count). The molecule has 0 radical (unpaired) electrons. The van der Waals surface area contributed by atoms with E-state index in [0.717, 1.165) is 16.3 Å². The van der Waals surface area contributed by atoms with Crippen LogP contribution in [-0.4, -0.2) is 28.5 Å². The zero-order valence-corrected chi connectivity index (χ0v) is 12.5. The maximum atomic E-state index is 6.27. The summed E-state index contributed by atoms with van der Waals surface area (Å²) < 4.78 is 0. The highest BCUT2D eigenvalue weighted by atomic mass is 35.5. The first kappa shape index (κ1) is 14.9. The van der Waals surface area contributed by atoms with E-state index in [4.69, 9.17) is 17.3 Å². The van der Waals surface area contributed by atoms with Crippen molar-refractivity contribution in [3.8, 4) is 0 Å². The van der Waals surface area contributed by atoms with Crippen molar-refractivity contribution in [1.29, 1.82) is 0 Å². The second-order valence-corrected chi connectivity index (χ2v) is 5.16. The van der Waals surface area contributed by atoms with Crippen LogP contribution in [0.15, 0.2) is 42.9 Å². The van der Waals surface area contributed by atoms with Crippen LogP contribution in [-0.2, 0) is 0 Å². The van der Waals surface area contributed by atoms with Gasteiger partial charge in [-0.05, 0) is 31.7 Å². The summed E-state index contributed by atoms with van der Waals surface area (Å²) in [5.41, 5.74) is 7.93. The molecular formula is C15H19ClN4. The highest BCUT2D eigenvalue weighted by molar-refractivity contribution is 6.31. The van der Waals surface area contributed by atoms with Gasteiger partial charge in [-0.2, -0.15) is 0 Å². The zero-order valence-electron chi connectivity index (χ0n) is 11.7. The Morgan fingerprint density at radius 3 is 2.65 bits per heavy atom. The van der Waals surface area contributed by atoms with Gasteiger partial charge in [-0.15, -0.1) is 0 Å². The number of likely N-dealkylation sites (N-methyl/N-ethyl adjacent to an activating group) is 1. The van der Waals surface area contributed by atoms with Crippen molar-refractivity contribution in [1.82, 2.24) is 14.9 Å². The molecule has 0 fully saturated rings. The van der Waals surface area contributed by atoms with E-state index >= 15 is 0 Å². The zero-order chi connectivity index (χ0) is 14.5. The Morgan fingerprint density at radius 2 is 2.05 bits per heavy atom. The molecule has 0 bridgehead atoms. The van der Waals surface area contributed by atoms with Crippen molar-refractivity contribution in [3.63, 3.8) is 0 Å². The first-order valence-electron chi connectivity index (χ1n) is 6.57. The fourth-order valence-corrected chi connectivity index (χ4v) is 2.59. The van der Waals surface area contributed by atoms with E-state index in [0.29, 0.717) is 6.54 Å². The number of rotatable bonds is 5. The maximum Gasteiger partial charge on any atom is 0.115 e. The van der Waals surface area contributed by atoms with Gasteiger partial charge in [-0.3, -0.25) is 4.90 Å². The molecule has 0 aliphatic rings. The number of halogens is 1. The van der Waals surface area contributed by atoms with Crippen LogP contribution >= 0.6 is 11.6 Å². The van der Waals surface area contributed by atoms with Crippen LogP contribution in [0.5, 0.6) is 0 Å². The monoisotopic (exact) mass is 290 g/mol. The Kier molecular flexibility index (Phi) is 5.06. The summed E-state index contributed by atoms with van der Waals surface area (Å²) >= 11 is 6.27. The van der Waals surface area contributed by atoms with Crippen LogP contribution in [0.4, 0.5) is 0 Å². The van der Waals surface area contributed by atoms with Gasteiger partial charge in [-0.1, -0.05) is 29.8 Å². The van der Waals surface area contributed by atoms with Gasteiger partial charge in [0.15, 0.2) is 0 Å². The second kappa shape index (κ2) is 6.79. The molecule has 0 saturated carbocycles. The molecule has 0 spiro atoms. The van der Waals surface area contributed by atoms with Crippen LogP contribution in [0.25, 0.3) is 0 Å². The Balaban J connectivity index is 2.25. The van der Waals surface area contributed by atoms with E-state index in [1.807, 2.05) is 37.4 Å². The van der Waals surface area contributed by atoms with Crippen LogP contribution in [0.1, 0.15) is 30.3 Å². The third kappa shape index (κ3) is 3.15. The number of hydrogen-bond acceptors (Lipinski definition) is 4. The number of nitrogens with zero attached hydrogens (tertiary/aromatic N) is 3. The van der Waals surface area contributed by atoms with Crippen molar-refractivity contribution >= 4 is 11.6 Å². The van der Waals surface area contributed by atoms with Gasteiger partial charge in [0.05, 0.1) is 11.7 Å². The third-order valence-corrected chi connectivity index (χ3v) is 3.97. The molecule has 20 heavy (non-hydrogen) atoms. The topological polar surface area (TPSA) is 55.0 Å². The lowest BCUT2D eigenvalue weighted by Crippen LogP contribution is -2.33. The SMILES string of the molecule is CC(c1ccccc1Cl)N(C)C(CN)c1ccncn1. The van der Waals surface area contributed by atoms with Crippen LogP contribution < -0.4 is 5.73 Å². The highest BCUT2D eigenvalue weighted by Crippen LogP contribution is 2.31. The number of aromatic nitrogens is 2. The van der Waals surface area contributed by atoms with E-state index in [1.54, 1.807) is 12.5 Å². The van der Waals surface area contributed by atoms with E-state index < -0.39 is 0 Å². The number of hydrogen-bond donors (Lipinski definition) is 1. The summed E-state index contributed by atoms with van der Waals surface area (Å²) in [6, 6.07) is 9.95. The molecule has 2 atom stereocenters. The van der Waals surface area contributed by atoms with Gasteiger partial charge in [0.1, 0.15) is 6.33 Å². The Labute approximate surface area is 124 Å². The molecule has 0 aliphatic heterocycles. The average Bonchev–Trinajstić information content (AvgIpc) is 2.49. The van der Waals surface area contributed by atoms with Gasteiger partial charge in [-0.25, -0.2) is 9.97 Å². The fourth-order valence-electron chi connectivity index (χ4n) is 2.30. The summed E-state index contributed by atoms with van der Waals surface area (Å²) in [5, 5.41) is 0.769. The predicted molar refractivity (Wildman–Crippen MR) is 81.5 cm³/mol. The molecule has 106 valence electrons. The molecule has 1 heterocycles. The third-order valence-electron chi connectivity index (χ3n) is 3.63. The average molecular weight is 291 g/mol. The molecule has 1 aromatic heterocycles. The lowest BCUT2D eigenvalue weighted by molar-refractivity contribution is 0.186. The Hall–Kier alpha value is -1.49. The van der Waals surface area contributed by atoms with Gasteiger partial charge < -0.3 is 5.73 Å². The normalized spacial score (nSPS) is 14.2. The van der Waals surface area contributed by atoms with Crippen molar-refractivity contribution in [2.24, 2.45) is 5.73 Å². The van der Waals surface area contributed by atoms with E-state index in [9.17, 15) is 0 Å². The maximum absolute atomic E-state index is 6.27. The smallest absolute Gasteiger partial charge is 0.115 e. The minimum Gasteiger partial charge on any atom is -0.329 e. The van der Waals surface area contributed by atoms with E-state index in [1.165, 1.54) is 0 Å². The number of nitrogens with two attached hydrogens (primary N) is 1. The quantitative estimate of drug-likeness (QED) is 0.920. The molecule has 0 saturated heterocycles. The van der Waals surface area contributed by atoms with Crippen molar-refractivity contribution in [2.45, 2.75) is 19.0 Å². The molecule has 1 aromatic carbocycles. The predicted octanol–water partition coefficient (Wildman–Crippen LogP) is 2.82. The molecule has 0 aliphatic carbocycles.